The van der Waals surface area contributed by atoms with Crippen molar-refractivity contribution in [2.45, 2.75) is 12.5 Å². The number of aromatic nitrogens is 1. The Morgan fingerprint density at radius 3 is 3.05 bits per heavy atom. The minimum Gasteiger partial charge on any atom is -0.334 e. The van der Waals surface area contributed by atoms with E-state index in [-0.39, 0.29) is 12.1 Å². The first-order valence-electron chi connectivity index (χ1n) is 6.45. The van der Waals surface area contributed by atoms with Crippen LogP contribution in [-0.2, 0) is 0 Å². The summed E-state index contributed by atoms with van der Waals surface area (Å²) < 4.78 is 0. The van der Waals surface area contributed by atoms with Crippen molar-refractivity contribution >= 4 is 22.6 Å². The molecule has 3 N–H and O–H groups in total. The largest absolute Gasteiger partial charge is 0.334 e. The van der Waals surface area contributed by atoms with Crippen LogP contribution in [-0.4, -0.2) is 30.1 Å². The van der Waals surface area contributed by atoms with Gasteiger partial charge in [0.25, 0.3) is 0 Å². The molecule has 1 aliphatic rings. The maximum Gasteiger partial charge on any atom is 0.319 e. The van der Waals surface area contributed by atoms with Crippen LogP contribution in [0.5, 0.6) is 0 Å². The van der Waals surface area contributed by atoms with Crippen LogP contribution in [0.1, 0.15) is 6.42 Å². The van der Waals surface area contributed by atoms with Crippen molar-refractivity contribution in [2.24, 2.45) is 0 Å². The minimum absolute atomic E-state index is 0.162. The molecule has 98 valence electrons. The van der Waals surface area contributed by atoms with Crippen LogP contribution in [0.4, 0.5) is 10.5 Å². The summed E-state index contributed by atoms with van der Waals surface area (Å²) >= 11 is 0. The number of nitrogens with zero attached hydrogens (tertiary/aromatic N) is 1. The summed E-state index contributed by atoms with van der Waals surface area (Å²) in [4.78, 5) is 16.2. The van der Waals surface area contributed by atoms with Gasteiger partial charge in [-0.3, -0.25) is 4.98 Å². The third-order valence-corrected chi connectivity index (χ3v) is 3.29. The van der Waals surface area contributed by atoms with Crippen LogP contribution in [0.15, 0.2) is 36.5 Å². The molecule has 19 heavy (non-hydrogen) atoms. The van der Waals surface area contributed by atoms with Crippen molar-refractivity contribution < 1.29 is 4.79 Å². The normalized spacial score (nSPS) is 18.4. The Balaban J connectivity index is 1.75. The Morgan fingerprint density at radius 1 is 1.32 bits per heavy atom. The lowest BCUT2D eigenvalue weighted by Gasteiger charge is -2.13. The Morgan fingerprint density at radius 2 is 2.21 bits per heavy atom. The van der Waals surface area contributed by atoms with Gasteiger partial charge in [-0.1, -0.05) is 18.2 Å². The maximum absolute atomic E-state index is 11.9. The number of benzene rings is 1. The van der Waals surface area contributed by atoms with Gasteiger partial charge in [0.1, 0.15) is 0 Å². The molecule has 2 heterocycles. The Hall–Kier alpha value is -2.14. The molecule has 5 heteroatoms. The average Bonchev–Trinajstić information content (AvgIpc) is 2.92. The van der Waals surface area contributed by atoms with E-state index in [0.717, 1.165) is 36.1 Å². The zero-order chi connectivity index (χ0) is 13.1. The van der Waals surface area contributed by atoms with Gasteiger partial charge >= 0.3 is 6.03 Å². The van der Waals surface area contributed by atoms with Gasteiger partial charge in [-0.25, -0.2) is 4.79 Å². The molecular weight excluding hydrogens is 240 g/mol. The highest BCUT2D eigenvalue weighted by atomic mass is 16.2. The van der Waals surface area contributed by atoms with Crippen LogP contribution in [0.3, 0.4) is 0 Å². The second-order valence-corrected chi connectivity index (χ2v) is 4.66. The summed E-state index contributed by atoms with van der Waals surface area (Å²) in [5.74, 6) is 0. The van der Waals surface area contributed by atoms with E-state index in [1.807, 2.05) is 30.3 Å². The fourth-order valence-corrected chi connectivity index (χ4v) is 2.33. The molecule has 0 radical (unpaired) electrons. The predicted octanol–water partition coefficient (Wildman–Crippen LogP) is 1.72. The summed E-state index contributed by atoms with van der Waals surface area (Å²) in [5, 5.41) is 10.0. The number of anilines is 1. The molecule has 1 fully saturated rings. The molecule has 3 rings (SSSR count). The smallest absolute Gasteiger partial charge is 0.319 e. The molecule has 1 aromatic carbocycles. The van der Waals surface area contributed by atoms with Crippen LogP contribution >= 0.6 is 0 Å². The van der Waals surface area contributed by atoms with Gasteiger partial charge < -0.3 is 16.0 Å². The lowest BCUT2D eigenvalue weighted by molar-refractivity contribution is 0.249. The van der Waals surface area contributed by atoms with E-state index in [0.29, 0.717) is 0 Å². The number of hydrogen-bond donors (Lipinski definition) is 3. The first-order chi connectivity index (χ1) is 9.33. The van der Waals surface area contributed by atoms with Crippen molar-refractivity contribution in [2.75, 3.05) is 18.4 Å². The summed E-state index contributed by atoms with van der Waals surface area (Å²) in [5.41, 5.74) is 1.66. The maximum atomic E-state index is 11.9. The average molecular weight is 256 g/mol. The van der Waals surface area contributed by atoms with E-state index in [1.165, 1.54) is 0 Å². The van der Waals surface area contributed by atoms with Crippen molar-refractivity contribution in [1.29, 1.82) is 0 Å². The van der Waals surface area contributed by atoms with E-state index in [2.05, 4.69) is 20.9 Å². The van der Waals surface area contributed by atoms with Gasteiger partial charge in [-0.2, -0.15) is 0 Å². The molecule has 2 amide bonds. The number of nitrogens with one attached hydrogen (secondary N) is 3. The lowest BCUT2D eigenvalue weighted by atomic mass is 10.2. The van der Waals surface area contributed by atoms with Gasteiger partial charge in [-0.15, -0.1) is 0 Å². The Kier molecular flexibility index (Phi) is 3.29. The number of hydrogen-bond acceptors (Lipinski definition) is 3. The molecule has 1 saturated heterocycles. The highest BCUT2D eigenvalue weighted by Crippen LogP contribution is 2.20. The molecule has 0 saturated carbocycles. The standard InChI is InChI=1S/C14H16N4O/c19-14(17-10-5-7-15-9-10)18-13-6-8-16-12-4-2-1-3-11(12)13/h1-4,6,8,10,15H,5,7,9H2,(H2,16,17,18,19). The number of amides is 2. The monoisotopic (exact) mass is 256 g/mol. The first-order valence-corrected chi connectivity index (χ1v) is 6.45. The van der Waals surface area contributed by atoms with Crippen molar-refractivity contribution in [1.82, 2.24) is 15.6 Å². The lowest BCUT2D eigenvalue weighted by Crippen LogP contribution is -2.39. The molecule has 0 bridgehead atoms. The molecule has 1 aromatic heterocycles. The number of carbonyl (C=O) groups is 1. The third-order valence-electron chi connectivity index (χ3n) is 3.29. The van der Waals surface area contributed by atoms with Crippen LogP contribution in [0.25, 0.3) is 10.9 Å². The Bertz CT molecular complexity index is 588. The highest BCUT2D eigenvalue weighted by molar-refractivity contribution is 6.00. The van der Waals surface area contributed by atoms with Crippen LogP contribution in [0, 0.1) is 0 Å². The van der Waals surface area contributed by atoms with Crippen molar-refractivity contribution in [3.8, 4) is 0 Å². The molecule has 1 aliphatic heterocycles. The van der Waals surface area contributed by atoms with Gasteiger partial charge in [0.05, 0.1) is 11.2 Å². The molecule has 1 atom stereocenters. The topological polar surface area (TPSA) is 66.0 Å². The second kappa shape index (κ2) is 5.24. The third kappa shape index (κ3) is 2.66. The quantitative estimate of drug-likeness (QED) is 0.766. The van der Waals surface area contributed by atoms with E-state index in [1.54, 1.807) is 6.20 Å². The Labute approximate surface area is 111 Å². The van der Waals surface area contributed by atoms with Crippen LogP contribution in [0.2, 0.25) is 0 Å². The summed E-state index contributed by atoms with van der Waals surface area (Å²) in [7, 11) is 0. The predicted molar refractivity (Wildman–Crippen MR) is 75.2 cm³/mol. The van der Waals surface area contributed by atoms with E-state index in [9.17, 15) is 4.79 Å². The first kappa shape index (κ1) is 11.9. The van der Waals surface area contributed by atoms with Gasteiger partial charge in [-0.05, 0) is 25.1 Å². The highest BCUT2D eigenvalue weighted by Gasteiger charge is 2.16. The fraction of sp³-hybridized carbons (Fsp3) is 0.286. The molecule has 2 aromatic rings. The van der Waals surface area contributed by atoms with E-state index >= 15 is 0 Å². The zero-order valence-electron chi connectivity index (χ0n) is 10.5. The summed E-state index contributed by atoms with van der Waals surface area (Å²) in [6.45, 7) is 1.80. The SMILES string of the molecule is O=C(Nc1ccnc2ccccc12)NC1CCNC1. The summed E-state index contributed by atoms with van der Waals surface area (Å²) in [6.07, 6.45) is 2.68. The fourth-order valence-electron chi connectivity index (χ4n) is 2.33. The van der Waals surface area contributed by atoms with Crippen molar-refractivity contribution in [3.63, 3.8) is 0 Å². The van der Waals surface area contributed by atoms with E-state index < -0.39 is 0 Å². The number of urea groups is 1. The van der Waals surface area contributed by atoms with Gasteiger partial charge in [0.2, 0.25) is 0 Å². The van der Waals surface area contributed by atoms with Crippen LogP contribution < -0.4 is 16.0 Å². The van der Waals surface area contributed by atoms with E-state index in [4.69, 9.17) is 0 Å². The number of fused-ring (bicyclic) bond motifs is 1. The minimum atomic E-state index is -0.162. The van der Waals surface area contributed by atoms with Gasteiger partial charge in [0.15, 0.2) is 0 Å². The second-order valence-electron chi connectivity index (χ2n) is 4.66. The summed E-state index contributed by atoms with van der Waals surface area (Å²) in [6, 6.07) is 9.62. The number of rotatable bonds is 2. The zero-order valence-corrected chi connectivity index (χ0v) is 10.5. The molecule has 0 aliphatic carbocycles. The van der Waals surface area contributed by atoms with Crippen molar-refractivity contribution in [3.05, 3.63) is 36.5 Å². The van der Waals surface area contributed by atoms with Gasteiger partial charge in [0, 0.05) is 24.2 Å². The molecule has 1 unspecified atom stereocenters. The molecule has 5 nitrogen and oxygen atoms in total. The molecular formula is C14H16N4O. The number of para-hydroxylation sites is 1. The number of carbonyl (C=O) groups excluding carboxylic acids is 1. The number of pyridine rings is 1. The molecule has 0 spiro atoms.